The minimum Gasteiger partial charge on any atom is -0.491 e. The minimum absolute atomic E-state index is 0.0473. The Morgan fingerprint density at radius 1 is 0.902 bits per heavy atom. The SMILES string of the molecule is O=C(Nc1ccc(C[C@@H](CO)NC[C@H](O)COc2ccccc2)cc1)N(OC(=O)C(F)(F)F)C(=O)c1ccccc1. The number of aliphatic hydroxyl groups is 2. The van der Waals surface area contributed by atoms with Crippen molar-refractivity contribution in [2.75, 3.05) is 25.1 Å². The number of aliphatic hydroxyl groups excluding tert-OH is 2. The van der Waals surface area contributed by atoms with Crippen LogP contribution in [0.25, 0.3) is 0 Å². The number of nitrogens with zero attached hydrogens (tertiary/aromatic N) is 1. The number of halogens is 3. The molecule has 3 amide bonds. The summed E-state index contributed by atoms with van der Waals surface area (Å²) in [6.45, 7) is -0.0500. The normalized spacial score (nSPS) is 12.6. The topological polar surface area (TPSA) is 137 Å². The van der Waals surface area contributed by atoms with Gasteiger partial charge in [-0.25, -0.2) is 9.59 Å². The Balaban J connectivity index is 1.57. The highest BCUT2D eigenvalue weighted by Crippen LogP contribution is 2.20. The number of hydroxylamine groups is 2. The van der Waals surface area contributed by atoms with Gasteiger partial charge in [-0.05, 0) is 48.4 Å². The Hall–Kier alpha value is -4.46. The molecule has 0 saturated heterocycles. The van der Waals surface area contributed by atoms with Gasteiger partial charge in [-0.3, -0.25) is 4.79 Å². The van der Waals surface area contributed by atoms with E-state index >= 15 is 0 Å². The van der Waals surface area contributed by atoms with Gasteiger partial charge in [0, 0.05) is 23.8 Å². The maximum atomic E-state index is 12.8. The number of alkyl halides is 3. The number of hydrogen-bond acceptors (Lipinski definition) is 8. The fourth-order valence-electron chi connectivity index (χ4n) is 3.46. The zero-order valence-corrected chi connectivity index (χ0v) is 21.6. The molecule has 41 heavy (non-hydrogen) atoms. The van der Waals surface area contributed by atoms with Crippen LogP contribution < -0.4 is 15.4 Å². The monoisotopic (exact) mass is 575 g/mol. The molecule has 13 heteroatoms. The highest BCUT2D eigenvalue weighted by atomic mass is 19.4. The Bertz CT molecular complexity index is 1280. The number of hydrogen-bond donors (Lipinski definition) is 4. The average Bonchev–Trinajstić information content (AvgIpc) is 2.97. The molecule has 218 valence electrons. The molecule has 10 nitrogen and oxygen atoms in total. The van der Waals surface area contributed by atoms with Gasteiger partial charge in [-0.1, -0.05) is 53.6 Å². The molecule has 0 aliphatic rings. The Morgan fingerprint density at radius 3 is 2.10 bits per heavy atom. The minimum atomic E-state index is -5.45. The predicted octanol–water partition coefficient (Wildman–Crippen LogP) is 3.31. The number of benzene rings is 3. The highest BCUT2D eigenvalue weighted by molar-refractivity contribution is 6.07. The van der Waals surface area contributed by atoms with Crippen LogP contribution in [-0.2, 0) is 16.1 Å². The second-order valence-corrected chi connectivity index (χ2v) is 8.74. The van der Waals surface area contributed by atoms with Gasteiger partial charge in [0.25, 0.3) is 5.91 Å². The van der Waals surface area contributed by atoms with E-state index in [9.17, 15) is 37.8 Å². The standard InChI is InChI=1S/C28H28F3N3O7/c29-28(30,31)26(38)41-34(25(37)20-7-3-1-4-8-20)27(39)33-21-13-11-19(12-14-21)15-22(17-35)32-16-23(36)18-40-24-9-5-2-6-10-24/h1-14,22-23,32,35-36H,15-18H2,(H,33,39)/t22-,23-/m0/s1. The second kappa shape index (κ2) is 14.8. The summed E-state index contributed by atoms with van der Waals surface area (Å²) in [5.41, 5.74) is 0.618. The maximum absolute atomic E-state index is 12.8. The molecular weight excluding hydrogens is 547 g/mol. The first-order chi connectivity index (χ1) is 19.6. The predicted molar refractivity (Wildman–Crippen MR) is 141 cm³/mol. The van der Waals surface area contributed by atoms with Crippen molar-refractivity contribution < 1.29 is 47.3 Å². The molecule has 3 aromatic carbocycles. The number of para-hydroxylation sites is 1. The number of anilines is 1. The van der Waals surface area contributed by atoms with E-state index in [-0.39, 0.29) is 36.1 Å². The lowest BCUT2D eigenvalue weighted by atomic mass is 10.1. The quantitative estimate of drug-likeness (QED) is 0.256. The summed E-state index contributed by atoms with van der Waals surface area (Å²) in [7, 11) is 0. The van der Waals surface area contributed by atoms with Crippen LogP contribution in [0, 0.1) is 0 Å². The molecule has 3 aromatic rings. The van der Waals surface area contributed by atoms with Crippen LogP contribution in [0.3, 0.4) is 0 Å². The van der Waals surface area contributed by atoms with Gasteiger partial charge in [0.1, 0.15) is 18.5 Å². The summed E-state index contributed by atoms with van der Waals surface area (Å²) in [6.07, 6.45) is -5.95. The molecule has 0 bridgehead atoms. The third-order valence-corrected chi connectivity index (χ3v) is 5.53. The molecule has 4 N–H and O–H groups in total. The fraction of sp³-hybridized carbons (Fsp3) is 0.250. The molecular formula is C28H28F3N3O7. The van der Waals surface area contributed by atoms with Crippen LogP contribution in [0.2, 0.25) is 0 Å². The summed E-state index contributed by atoms with van der Waals surface area (Å²) in [6, 6.07) is 20.0. The Labute approximate surface area is 233 Å². The van der Waals surface area contributed by atoms with Crippen molar-refractivity contribution in [1.29, 1.82) is 0 Å². The first kappa shape index (κ1) is 31.1. The van der Waals surface area contributed by atoms with E-state index in [2.05, 4.69) is 15.5 Å². The number of nitrogens with one attached hydrogen (secondary N) is 2. The molecule has 0 fully saturated rings. The molecule has 0 saturated carbocycles. The van der Waals surface area contributed by atoms with Crippen molar-refractivity contribution >= 4 is 23.6 Å². The second-order valence-electron chi connectivity index (χ2n) is 8.74. The number of carbonyl (C=O) groups excluding carboxylic acids is 3. The zero-order valence-electron chi connectivity index (χ0n) is 21.6. The van der Waals surface area contributed by atoms with E-state index in [0.717, 1.165) is 0 Å². The largest absolute Gasteiger partial charge is 0.493 e. The average molecular weight is 576 g/mol. The lowest BCUT2D eigenvalue weighted by Crippen LogP contribution is -2.44. The van der Waals surface area contributed by atoms with Crippen molar-refractivity contribution in [3.05, 3.63) is 96.1 Å². The molecule has 0 aromatic heterocycles. The zero-order chi connectivity index (χ0) is 29.8. The summed E-state index contributed by atoms with van der Waals surface area (Å²) in [4.78, 5) is 40.8. The Morgan fingerprint density at radius 2 is 1.51 bits per heavy atom. The van der Waals surface area contributed by atoms with Crippen molar-refractivity contribution in [1.82, 2.24) is 10.4 Å². The van der Waals surface area contributed by atoms with Gasteiger partial charge < -0.3 is 30.4 Å². The van der Waals surface area contributed by atoms with E-state index in [0.29, 0.717) is 17.7 Å². The van der Waals surface area contributed by atoms with Crippen molar-refractivity contribution in [2.24, 2.45) is 0 Å². The van der Waals surface area contributed by atoms with Gasteiger partial charge in [0.15, 0.2) is 0 Å². The van der Waals surface area contributed by atoms with Crippen LogP contribution in [0.15, 0.2) is 84.9 Å². The highest BCUT2D eigenvalue weighted by Gasteiger charge is 2.44. The Kier molecular flexibility index (Phi) is 11.2. The molecule has 3 rings (SSSR count). The maximum Gasteiger partial charge on any atom is 0.493 e. The van der Waals surface area contributed by atoms with Crippen molar-refractivity contribution in [3.63, 3.8) is 0 Å². The molecule has 0 radical (unpaired) electrons. The molecule has 0 aliphatic heterocycles. The van der Waals surface area contributed by atoms with E-state index in [1.165, 1.54) is 36.4 Å². The first-order valence-corrected chi connectivity index (χ1v) is 12.4. The molecule has 0 heterocycles. The smallest absolute Gasteiger partial charge is 0.491 e. The van der Waals surface area contributed by atoms with Crippen LogP contribution in [0.1, 0.15) is 15.9 Å². The summed E-state index contributed by atoms with van der Waals surface area (Å²) in [5.74, 6) is -3.42. The molecule has 0 unspecified atom stereocenters. The number of imide groups is 1. The van der Waals surface area contributed by atoms with Gasteiger partial charge in [-0.15, -0.1) is 0 Å². The lowest BCUT2D eigenvalue weighted by molar-refractivity contribution is -0.220. The number of rotatable bonds is 11. The first-order valence-electron chi connectivity index (χ1n) is 12.4. The third-order valence-electron chi connectivity index (χ3n) is 5.53. The van der Waals surface area contributed by atoms with E-state index in [1.807, 2.05) is 6.07 Å². The third kappa shape index (κ3) is 9.90. The number of carbonyl (C=O) groups is 3. The van der Waals surface area contributed by atoms with Gasteiger partial charge >= 0.3 is 18.2 Å². The molecule has 0 aliphatic carbocycles. The molecule has 0 spiro atoms. The lowest BCUT2D eigenvalue weighted by Gasteiger charge is -2.21. The number of urea groups is 1. The van der Waals surface area contributed by atoms with Crippen molar-refractivity contribution in [2.45, 2.75) is 24.7 Å². The van der Waals surface area contributed by atoms with Crippen LogP contribution in [0.4, 0.5) is 23.7 Å². The summed E-state index contributed by atoms with van der Waals surface area (Å²) >= 11 is 0. The summed E-state index contributed by atoms with van der Waals surface area (Å²) < 4.78 is 43.8. The number of amides is 3. The number of ether oxygens (including phenoxy) is 1. The van der Waals surface area contributed by atoms with Gasteiger partial charge in [0.05, 0.1) is 6.61 Å². The van der Waals surface area contributed by atoms with Crippen molar-refractivity contribution in [3.8, 4) is 5.75 Å². The van der Waals surface area contributed by atoms with E-state index in [4.69, 9.17) is 4.74 Å². The van der Waals surface area contributed by atoms with Crippen LogP contribution in [0.5, 0.6) is 5.75 Å². The fourth-order valence-corrected chi connectivity index (χ4v) is 3.46. The van der Waals surface area contributed by atoms with Gasteiger partial charge in [0.2, 0.25) is 0 Å². The van der Waals surface area contributed by atoms with Crippen LogP contribution in [-0.4, -0.2) is 71.3 Å². The van der Waals surface area contributed by atoms with Crippen LogP contribution >= 0.6 is 0 Å². The van der Waals surface area contributed by atoms with E-state index < -0.39 is 36.2 Å². The summed E-state index contributed by atoms with van der Waals surface area (Å²) in [5, 5.41) is 24.9. The van der Waals surface area contributed by atoms with E-state index in [1.54, 1.807) is 42.5 Å². The van der Waals surface area contributed by atoms with Gasteiger partial charge in [-0.2, -0.15) is 13.2 Å². The molecule has 2 atom stereocenters.